The number of fused-ring (bicyclic) bond motifs is 1. The Morgan fingerprint density at radius 1 is 1.32 bits per heavy atom. The first-order chi connectivity index (χ1) is 10.7. The minimum atomic E-state index is -1.06. The Morgan fingerprint density at radius 3 is 2.77 bits per heavy atom. The van der Waals surface area contributed by atoms with Crippen LogP contribution in [0.1, 0.15) is 10.4 Å². The summed E-state index contributed by atoms with van der Waals surface area (Å²) in [5, 5.41) is 12.1. The maximum Gasteiger partial charge on any atom is 0.335 e. The molecule has 0 fully saturated rings. The summed E-state index contributed by atoms with van der Waals surface area (Å²) in [5.41, 5.74) is 1.37. The number of carbonyl (C=O) groups is 1. The lowest BCUT2D eigenvalue weighted by molar-refractivity contribution is 0.0697. The number of methoxy groups -OCH3 is 1. The quantitative estimate of drug-likeness (QED) is 0.747. The van der Waals surface area contributed by atoms with Gasteiger partial charge >= 0.3 is 5.97 Å². The van der Waals surface area contributed by atoms with Crippen molar-refractivity contribution >= 4 is 17.4 Å². The van der Waals surface area contributed by atoms with Crippen molar-refractivity contribution in [1.82, 2.24) is 9.38 Å². The number of aromatic nitrogens is 2. The van der Waals surface area contributed by atoms with E-state index in [1.165, 1.54) is 29.8 Å². The van der Waals surface area contributed by atoms with E-state index in [1.54, 1.807) is 24.3 Å². The number of carboxylic acid groups (broad SMARTS) is 1. The maximum absolute atomic E-state index is 11.2. The van der Waals surface area contributed by atoms with E-state index in [4.69, 9.17) is 9.84 Å². The van der Waals surface area contributed by atoms with Crippen LogP contribution in [-0.4, -0.2) is 27.6 Å². The molecule has 0 radical (unpaired) electrons. The molecule has 0 aliphatic rings. The lowest BCUT2D eigenvalue weighted by atomic mass is 10.1. The van der Waals surface area contributed by atoms with Gasteiger partial charge in [-0.05, 0) is 29.4 Å². The topological polar surface area (TPSA) is 93.3 Å². The lowest BCUT2D eigenvalue weighted by Crippen LogP contribution is -1.97. The average molecular weight is 297 g/mol. The third-order valence-corrected chi connectivity index (χ3v) is 3.30. The predicted octanol–water partition coefficient (Wildman–Crippen LogP) is 3.11. The number of ether oxygens (including phenoxy) is 1. The van der Waals surface area contributed by atoms with E-state index in [0.29, 0.717) is 22.7 Å². The number of aromatic carboxylic acids is 1. The van der Waals surface area contributed by atoms with Crippen LogP contribution in [0.25, 0.3) is 16.9 Å². The summed E-state index contributed by atoms with van der Waals surface area (Å²) in [6, 6.07) is 9.87. The van der Waals surface area contributed by atoms with Gasteiger partial charge in [0.05, 0.1) is 12.7 Å². The first kappa shape index (κ1) is 13.7. The monoisotopic (exact) mass is 297 g/mol. The van der Waals surface area contributed by atoms with E-state index >= 15 is 0 Å². The molecule has 0 saturated heterocycles. The molecule has 2 heterocycles. The Morgan fingerprint density at radius 2 is 2.09 bits per heavy atom. The maximum atomic E-state index is 11.2. The number of pyridine rings is 1. The van der Waals surface area contributed by atoms with Crippen molar-refractivity contribution in [2.45, 2.75) is 0 Å². The number of nitroso groups, excluding NO2 is 1. The zero-order valence-corrected chi connectivity index (χ0v) is 11.6. The number of benzene rings is 1. The SMILES string of the molecule is COc1ccccc1-c1nc2cc(C(=O)O)ccn2c1N=O. The summed E-state index contributed by atoms with van der Waals surface area (Å²) in [6.07, 6.45) is 1.46. The van der Waals surface area contributed by atoms with E-state index in [-0.39, 0.29) is 11.4 Å². The highest BCUT2D eigenvalue weighted by atomic mass is 16.5. The van der Waals surface area contributed by atoms with Crippen molar-refractivity contribution in [3.05, 3.63) is 53.1 Å². The molecule has 0 aliphatic heterocycles. The van der Waals surface area contributed by atoms with Gasteiger partial charge in [-0.2, -0.15) is 0 Å². The molecule has 22 heavy (non-hydrogen) atoms. The molecule has 1 N–H and O–H groups in total. The Bertz CT molecular complexity index is 886. The molecule has 110 valence electrons. The lowest BCUT2D eigenvalue weighted by Gasteiger charge is -2.05. The number of hydrogen-bond donors (Lipinski definition) is 1. The molecule has 7 nitrogen and oxygen atoms in total. The highest BCUT2D eigenvalue weighted by Crippen LogP contribution is 2.36. The van der Waals surface area contributed by atoms with Gasteiger partial charge in [0, 0.05) is 11.8 Å². The molecule has 0 amide bonds. The molecule has 0 aliphatic carbocycles. The third kappa shape index (κ3) is 2.08. The third-order valence-electron chi connectivity index (χ3n) is 3.30. The second-order valence-corrected chi connectivity index (χ2v) is 4.52. The van der Waals surface area contributed by atoms with Crippen molar-refractivity contribution in [2.75, 3.05) is 7.11 Å². The molecule has 2 aromatic heterocycles. The van der Waals surface area contributed by atoms with Gasteiger partial charge in [0.2, 0.25) is 5.82 Å². The smallest absolute Gasteiger partial charge is 0.335 e. The highest BCUT2D eigenvalue weighted by molar-refractivity contribution is 5.89. The van der Waals surface area contributed by atoms with Crippen molar-refractivity contribution < 1.29 is 14.6 Å². The van der Waals surface area contributed by atoms with Crippen LogP contribution in [0, 0.1) is 4.91 Å². The Labute approximate surface area is 124 Å². The standard InChI is InChI=1S/C15H11N3O4/c1-22-11-5-3-2-4-10(11)13-14(17-21)18-7-6-9(15(19)20)8-12(18)16-13/h2-8H,1H3,(H,19,20). The van der Waals surface area contributed by atoms with Crippen LogP contribution >= 0.6 is 0 Å². The van der Waals surface area contributed by atoms with Crippen LogP contribution in [0.3, 0.4) is 0 Å². The first-order valence-corrected chi connectivity index (χ1v) is 6.38. The van der Waals surface area contributed by atoms with E-state index in [2.05, 4.69) is 10.2 Å². The molecular formula is C15H11N3O4. The van der Waals surface area contributed by atoms with E-state index < -0.39 is 5.97 Å². The molecule has 1 aromatic carbocycles. The van der Waals surface area contributed by atoms with Crippen molar-refractivity contribution in [3.8, 4) is 17.0 Å². The molecule has 3 aromatic rings. The number of nitrogens with zero attached hydrogens (tertiary/aromatic N) is 3. The van der Waals surface area contributed by atoms with E-state index in [9.17, 15) is 9.70 Å². The molecule has 0 unspecified atom stereocenters. The van der Waals surface area contributed by atoms with Crippen LogP contribution in [0.4, 0.5) is 5.82 Å². The van der Waals surface area contributed by atoms with Gasteiger partial charge in [-0.1, -0.05) is 12.1 Å². The Balaban J connectivity index is 2.29. The highest BCUT2D eigenvalue weighted by Gasteiger charge is 2.18. The summed E-state index contributed by atoms with van der Waals surface area (Å²) in [6.45, 7) is 0. The van der Waals surface area contributed by atoms with Gasteiger partial charge in [-0.3, -0.25) is 4.40 Å². The Hall–Kier alpha value is -3.22. The second kappa shape index (κ2) is 5.28. The van der Waals surface area contributed by atoms with Gasteiger partial charge in [-0.25, -0.2) is 9.78 Å². The summed E-state index contributed by atoms with van der Waals surface area (Å²) < 4.78 is 6.72. The molecule has 0 spiro atoms. The molecule has 0 atom stereocenters. The summed E-state index contributed by atoms with van der Waals surface area (Å²) in [7, 11) is 1.52. The zero-order valence-electron chi connectivity index (χ0n) is 11.6. The van der Waals surface area contributed by atoms with Gasteiger partial charge in [0.25, 0.3) is 0 Å². The first-order valence-electron chi connectivity index (χ1n) is 6.38. The van der Waals surface area contributed by atoms with Crippen molar-refractivity contribution in [1.29, 1.82) is 0 Å². The fraction of sp³-hybridized carbons (Fsp3) is 0.0667. The predicted molar refractivity (Wildman–Crippen MR) is 79.6 cm³/mol. The summed E-state index contributed by atoms with van der Waals surface area (Å²) in [5.74, 6) is -0.421. The van der Waals surface area contributed by atoms with Gasteiger partial charge < -0.3 is 9.84 Å². The minimum Gasteiger partial charge on any atom is -0.496 e. The average Bonchev–Trinajstić information content (AvgIpc) is 2.92. The van der Waals surface area contributed by atoms with Crippen LogP contribution < -0.4 is 4.74 Å². The molecular weight excluding hydrogens is 286 g/mol. The molecule has 0 bridgehead atoms. The van der Waals surface area contributed by atoms with Crippen molar-refractivity contribution in [2.24, 2.45) is 5.18 Å². The van der Waals surface area contributed by atoms with E-state index in [0.717, 1.165) is 0 Å². The number of para-hydroxylation sites is 1. The van der Waals surface area contributed by atoms with Crippen LogP contribution in [0.15, 0.2) is 47.8 Å². The Kier molecular flexibility index (Phi) is 3.30. The molecule has 3 rings (SSSR count). The number of imidazole rings is 1. The van der Waals surface area contributed by atoms with Crippen LogP contribution in [0.2, 0.25) is 0 Å². The van der Waals surface area contributed by atoms with Crippen LogP contribution in [0.5, 0.6) is 5.75 Å². The van der Waals surface area contributed by atoms with Crippen molar-refractivity contribution in [3.63, 3.8) is 0 Å². The second-order valence-electron chi connectivity index (χ2n) is 4.52. The fourth-order valence-corrected chi connectivity index (χ4v) is 2.27. The van der Waals surface area contributed by atoms with Gasteiger partial charge in [0.15, 0.2) is 0 Å². The molecule has 7 heteroatoms. The number of carboxylic acids is 1. The summed E-state index contributed by atoms with van der Waals surface area (Å²) in [4.78, 5) is 26.6. The largest absolute Gasteiger partial charge is 0.496 e. The van der Waals surface area contributed by atoms with Crippen LogP contribution in [-0.2, 0) is 0 Å². The van der Waals surface area contributed by atoms with Gasteiger partial charge in [-0.15, -0.1) is 4.91 Å². The number of rotatable bonds is 4. The summed E-state index contributed by atoms with van der Waals surface area (Å²) >= 11 is 0. The normalized spacial score (nSPS) is 10.6. The van der Waals surface area contributed by atoms with Gasteiger partial charge in [0.1, 0.15) is 17.1 Å². The van der Waals surface area contributed by atoms with E-state index in [1.807, 2.05) is 0 Å². The molecule has 0 saturated carbocycles. The minimum absolute atomic E-state index is 0.0847. The number of hydrogen-bond acceptors (Lipinski definition) is 5. The zero-order chi connectivity index (χ0) is 15.7. The fourth-order valence-electron chi connectivity index (χ4n) is 2.27.